The van der Waals surface area contributed by atoms with Crippen LogP contribution in [-0.4, -0.2) is 19.7 Å². The third kappa shape index (κ3) is 1.39. The van der Waals surface area contributed by atoms with E-state index in [1.165, 1.54) is 4.70 Å². The number of quaternary nitrogens is 1. The van der Waals surface area contributed by atoms with Crippen molar-refractivity contribution < 1.29 is 5.73 Å². The van der Waals surface area contributed by atoms with Gasteiger partial charge in [0, 0.05) is 0 Å². The zero-order valence-corrected chi connectivity index (χ0v) is 9.31. The van der Waals surface area contributed by atoms with E-state index in [2.05, 4.69) is 26.9 Å². The van der Waals surface area contributed by atoms with E-state index in [-0.39, 0.29) is 0 Å². The molecule has 0 saturated heterocycles. The molecule has 0 atom stereocenters. The monoisotopic (exact) mass is 232 g/mol. The van der Waals surface area contributed by atoms with Gasteiger partial charge < -0.3 is 5.73 Å². The lowest BCUT2D eigenvalue weighted by molar-refractivity contribution is -0.388. The maximum absolute atomic E-state index is 4.29. The molecule has 3 N–H and O–H groups in total. The molecule has 0 spiro atoms. The Morgan fingerprint density at radius 2 is 2.25 bits per heavy atom. The highest BCUT2D eigenvalue weighted by atomic mass is 32.1. The van der Waals surface area contributed by atoms with Crippen LogP contribution in [0.3, 0.4) is 0 Å². The lowest BCUT2D eigenvalue weighted by Gasteiger charge is -2.02. The largest absolute Gasteiger partial charge is 0.351 e. The second-order valence-electron chi connectivity index (χ2n) is 3.34. The summed E-state index contributed by atoms with van der Waals surface area (Å²) >= 11 is 1.63. The van der Waals surface area contributed by atoms with Crippen LogP contribution in [0.5, 0.6) is 0 Å². The Balaban J connectivity index is 2.18. The molecule has 0 aliphatic carbocycles. The van der Waals surface area contributed by atoms with Crippen LogP contribution in [0.15, 0.2) is 30.0 Å². The minimum atomic E-state index is 0.620. The number of fused-ring (bicyclic) bond motifs is 1. The molecule has 2 aromatic heterocycles. The van der Waals surface area contributed by atoms with Crippen molar-refractivity contribution in [2.75, 3.05) is 0 Å². The molecular weight excluding hydrogens is 222 g/mol. The third-order valence-corrected chi connectivity index (χ3v) is 3.21. The molecule has 1 aromatic carbocycles. The van der Waals surface area contributed by atoms with Gasteiger partial charge in [-0.05, 0) is 18.2 Å². The molecule has 0 aliphatic rings. The summed E-state index contributed by atoms with van der Waals surface area (Å²) < 4.78 is 2.98. The molecule has 3 rings (SSSR count). The molecule has 2 heterocycles. The molecule has 16 heavy (non-hydrogen) atoms. The van der Waals surface area contributed by atoms with Gasteiger partial charge in [0.05, 0.1) is 21.4 Å². The Hall–Kier alpha value is -1.79. The van der Waals surface area contributed by atoms with Gasteiger partial charge in [-0.25, -0.2) is 14.6 Å². The number of thiazole rings is 1. The zero-order chi connectivity index (χ0) is 11.0. The van der Waals surface area contributed by atoms with Gasteiger partial charge in [-0.15, -0.1) is 11.3 Å². The van der Waals surface area contributed by atoms with Gasteiger partial charge in [0.25, 0.3) is 0 Å². The Labute approximate surface area is 95.6 Å². The quantitative estimate of drug-likeness (QED) is 0.704. The Morgan fingerprint density at radius 1 is 1.31 bits per heavy atom. The van der Waals surface area contributed by atoms with Crippen LogP contribution in [0.25, 0.3) is 15.9 Å². The van der Waals surface area contributed by atoms with Crippen LogP contribution >= 0.6 is 11.3 Å². The smallest absolute Gasteiger partial charge is 0.186 e. The highest BCUT2D eigenvalue weighted by Gasteiger charge is 2.07. The molecule has 0 amide bonds. The molecule has 5 nitrogen and oxygen atoms in total. The van der Waals surface area contributed by atoms with Crippen molar-refractivity contribution in [2.24, 2.45) is 0 Å². The predicted octanol–water partition coefficient (Wildman–Crippen LogP) is 0.619. The summed E-state index contributed by atoms with van der Waals surface area (Å²) in [4.78, 5) is 8.44. The van der Waals surface area contributed by atoms with E-state index < -0.39 is 0 Å². The lowest BCUT2D eigenvalue weighted by atomic mass is 10.3. The van der Waals surface area contributed by atoms with Crippen molar-refractivity contribution in [3.05, 3.63) is 35.9 Å². The summed E-state index contributed by atoms with van der Waals surface area (Å²) in [5.41, 5.74) is 7.65. The van der Waals surface area contributed by atoms with E-state index in [0.717, 1.165) is 17.0 Å². The fourth-order valence-electron chi connectivity index (χ4n) is 1.63. The number of benzene rings is 1. The Bertz CT molecular complexity index is 627. The maximum Gasteiger partial charge on any atom is 0.186 e. The fourth-order valence-corrected chi connectivity index (χ4v) is 2.29. The highest BCUT2D eigenvalue weighted by Crippen LogP contribution is 2.20. The molecule has 0 radical (unpaired) electrons. The molecule has 80 valence electrons. The highest BCUT2D eigenvalue weighted by molar-refractivity contribution is 7.16. The topological polar surface area (TPSA) is 71.2 Å². The number of hydrogen-bond acceptors (Lipinski definition) is 4. The minimum Gasteiger partial charge on any atom is -0.351 e. The predicted molar refractivity (Wildman–Crippen MR) is 61.1 cm³/mol. The van der Waals surface area contributed by atoms with Gasteiger partial charge >= 0.3 is 0 Å². The van der Waals surface area contributed by atoms with Crippen molar-refractivity contribution in [3.8, 4) is 5.69 Å². The first-order valence-electron chi connectivity index (χ1n) is 4.90. The number of rotatable bonds is 2. The summed E-state index contributed by atoms with van der Waals surface area (Å²) in [7, 11) is 0. The lowest BCUT2D eigenvalue weighted by Crippen LogP contribution is -2.48. The van der Waals surface area contributed by atoms with Crippen LogP contribution in [0.4, 0.5) is 0 Å². The van der Waals surface area contributed by atoms with E-state index in [9.17, 15) is 0 Å². The fraction of sp³-hybridized carbons (Fsp3) is 0.100. The van der Waals surface area contributed by atoms with Gasteiger partial charge in [0.1, 0.15) is 12.9 Å². The van der Waals surface area contributed by atoms with E-state index in [0.29, 0.717) is 6.54 Å². The van der Waals surface area contributed by atoms with Gasteiger partial charge in [0.2, 0.25) is 0 Å². The van der Waals surface area contributed by atoms with Crippen molar-refractivity contribution in [3.63, 3.8) is 0 Å². The average molecular weight is 232 g/mol. The van der Waals surface area contributed by atoms with Gasteiger partial charge in [-0.3, -0.25) is 0 Å². The Morgan fingerprint density at radius 3 is 3.12 bits per heavy atom. The zero-order valence-electron chi connectivity index (χ0n) is 8.50. The maximum atomic E-state index is 4.29. The molecule has 3 aromatic rings. The summed E-state index contributed by atoms with van der Waals surface area (Å²) in [6, 6.07) is 6.09. The first kappa shape index (κ1) is 9.44. The summed E-state index contributed by atoms with van der Waals surface area (Å²) in [6.45, 7) is 0.620. The van der Waals surface area contributed by atoms with Crippen LogP contribution < -0.4 is 5.73 Å². The second kappa shape index (κ2) is 3.66. The van der Waals surface area contributed by atoms with Gasteiger partial charge in [-0.2, -0.15) is 5.10 Å². The molecular formula is C10H10N5S+. The SMILES string of the molecule is [NH3+]Cc1ncnn1-c1ccc2scnc2c1. The standard InChI is InChI=1S/C10H9N5S/c11-4-10-12-5-14-15(10)7-1-2-9-8(3-7)13-6-16-9/h1-3,5-6H,4,11H2/p+1. The first-order chi connectivity index (χ1) is 7.88. The first-order valence-corrected chi connectivity index (χ1v) is 5.78. The summed E-state index contributed by atoms with van der Waals surface area (Å²) in [5.74, 6) is 0.856. The van der Waals surface area contributed by atoms with Crippen LogP contribution in [-0.2, 0) is 6.54 Å². The van der Waals surface area contributed by atoms with Crippen molar-refractivity contribution in [1.82, 2.24) is 19.7 Å². The molecule has 0 saturated carbocycles. The molecule has 0 unspecified atom stereocenters. The normalized spacial score (nSPS) is 11.1. The average Bonchev–Trinajstić information content (AvgIpc) is 2.96. The molecule has 0 aliphatic heterocycles. The van der Waals surface area contributed by atoms with Crippen molar-refractivity contribution in [2.45, 2.75) is 6.54 Å². The van der Waals surface area contributed by atoms with Crippen LogP contribution in [0, 0.1) is 0 Å². The number of aromatic nitrogens is 4. The summed E-state index contributed by atoms with van der Waals surface area (Å²) in [6.07, 6.45) is 1.55. The van der Waals surface area contributed by atoms with Crippen LogP contribution in [0.2, 0.25) is 0 Å². The van der Waals surface area contributed by atoms with Gasteiger partial charge in [-0.1, -0.05) is 0 Å². The number of hydrogen-bond donors (Lipinski definition) is 1. The van der Waals surface area contributed by atoms with E-state index >= 15 is 0 Å². The van der Waals surface area contributed by atoms with E-state index in [1.54, 1.807) is 22.3 Å². The van der Waals surface area contributed by atoms with Gasteiger partial charge in [0.15, 0.2) is 5.82 Å². The van der Waals surface area contributed by atoms with Crippen LogP contribution in [0.1, 0.15) is 5.82 Å². The van der Waals surface area contributed by atoms with E-state index in [1.807, 2.05) is 17.6 Å². The summed E-state index contributed by atoms with van der Waals surface area (Å²) in [5, 5.41) is 4.19. The number of nitrogens with zero attached hydrogens (tertiary/aromatic N) is 4. The van der Waals surface area contributed by atoms with E-state index in [4.69, 9.17) is 0 Å². The Kier molecular flexibility index (Phi) is 2.16. The second-order valence-corrected chi connectivity index (χ2v) is 4.23. The molecule has 6 heteroatoms. The third-order valence-electron chi connectivity index (χ3n) is 2.40. The molecule has 0 bridgehead atoms. The van der Waals surface area contributed by atoms with Crippen molar-refractivity contribution in [1.29, 1.82) is 0 Å². The molecule has 0 fully saturated rings. The van der Waals surface area contributed by atoms with Crippen molar-refractivity contribution >= 4 is 21.6 Å². The minimum absolute atomic E-state index is 0.620.